The van der Waals surface area contributed by atoms with Crippen molar-refractivity contribution in [2.24, 2.45) is 0 Å². The Balaban J connectivity index is 2.59. The molecule has 0 bridgehead atoms. The minimum atomic E-state index is 0.225. The maximum atomic E-state index is 10.5. The number of nitrogens with zero attached hydrogens (tertiary/aromatic N) is 1. The molecule has 0 amide bonds. The van der Waals surface area contributed by atoms with Crippen molar-refractivity contribution >= 4 is 11.6 Å². The summed E-state index contributed by atoms with van der Waals surface area (Å²) in [5, 5.41) is 20.0. The smallest absolute Gasteiger partial charge is 0.122 e. The number of benzene rings is 2. The van der Waals surface area contributed by atoms with E-state index in [0.717, 1.165) is 22.3 Å². The van der Waals surface area contributed by atoms with E-state index in [2.05, 4.69) is 33.8 Å². The molecule has 2 heteroatoms. The van der Waals surface area contributed by atoms with E-state index in [1.54, 1.807) is 0 Å². The highest BCUT2D eigenvalue weighted by molar-refractivity contribution is 5.89. The predicted octanol–water partition coefficient (Wildman–Crippen LogP) is 5.70. The molecule has 0 aliphatic carbocycles. The van der Waals surface area contributed by atoms with Crippen LogP contribution in [0.3, 0.4) is 0 Å². The molecule has 0 saturated heterocycles. The zero-order chi connectivity index (χ0) is 17.0. The van der Waals surface area contributed by atoms with Gasteiger partial charge >= 0.3 is 0 Å². The normalized spacial score (nSPS) is 11.8. The fourth-order valence-corrected chi connectivity index (χ4v) is 2.63. The fraction of sp³-hybridized carbons (Fsp3) is 0.286. The lowest BCUT2D eigenvalue weighted by atomic mass is 9.90. The molecule has 2 aromatic rings. The molecule has 23 heavy (non-hydrogen) atoms. The van der Waals surface area contributed by atoms with Gasteiger partial charge in [0.2, 0.25) is 0 Å². The molecular formula is C21H23NO. The summed E-state index contributed by atoms with van der Waals surface area (Å²) in [5.74, 6) is 0.830. The maximum Gasteiger partial charge on any atom is 0.122 e. The Labute approximate surface area is 138 Å². The van der Waals surface area contributed by atoms with Gasteiger partial charge in [-0.15, -0.1) is 0 Å². The van der Waals surface area contributed by atoms with Crippen molar-refractivity contribution in [3.63, 3.8) is 0 Å². The highest BCUT2D eigenvalue weighted by Crippen LogP contribution is 2.35. The number of hydrogen-bond acceptors (Lipinski definition) is 2. The number of phenolic OH excluding ortho intramolecular Hbond substituents is 1. The molecule has 0 saturated carbocycles. The van der Waals surface area contributed by atoms with E-state index in [-0.39, 0.29) is 11.8 Å². The summed E-state index contributed by atoms with van der Waals surface area (Å²) in [4.78, 5) is 0. The predicted molar refractivity (Wildman–Crippen MR) is 96.2 cm³/mol. The van der Waals surface area contributed by atoms with E-state index in [4.69, 9.17) is 0 Å². The van der Waals surface area contributed by atoms with Crippen LogP contribution in [-0.4, -0.2) is 5.11 Å². The van der Waals surface area contributed by atoms with Crippen LogP contribution in [0.1, 0.15) is 61.8 Å². The molecule has 0 heterocycles. The van der Waals surface area contributed by atoms with Gasteiger partial charge in [0.05, 0.1) is 11.6 Å². The van der Waals surface area contributed by atoms with E-state index in [1.807, 2.05) is 48.5 Å². The highest BCUT2D eigenvalue weighted by Gasteiger charge is 2.15. The van der Waals surface area contributed by atoms with Crippen LogP contribution in [0.25, 0.3) is 11.6 Å². The molecule has 0 aliphatic rings. The van der Waals surface area contributed by atoms with Crippen LogP contribution in [0.15, 0.2) is 42.5 Å². The van der Waals surface area contributed by atoms with Gasteiger partial charge in [0.25, 0.3) is 0 Å². The van der Waals surface area contributed by atoms with Crippen LogP contribution in [0, 0.1) is 11.3 Å². The van der Waals surface area contributed by atoms with Crippen LogP contribution in [0.4, 0.5) is 0 Å². The van der Waals surface area contributed by atoms with Crippen molar-refractivity contribution < 1.29 is 5.11 Å². The van der Waals surface area contributed by atoms with Crippen molar-refractivity contribution in [3.05, 3.63) is 64.7 Å². The van der Waals surface area contributed by atoms with E-state index in [9.17, 15) is 10.4 Å². The summed E-state index contributed by atoms with van der Waals surface area (Å²) in [6, 6.07) is 15.9. The van der Waals surface area contributed by atoms with E-state index < -0.39 is 0 Å². The van der Waals surface area contributed by atoms with Crippen molar-refractivity contribution in [1.82, 2.24) is 0 Å². The maximum absolute atomic E-state index is 10.5. The number of phenols is 1. The first-order valence-electron chi connectivity index (χ1n) is 7.98. The van der Waals surface area contributed by atoms with Crippen LogP contribution in [0.2, 0.25) is 0 Å². The molecule has 1 N–H and O–H groups in total. The second-order valence-corrected chi connectivity index (χ2v) is 6.39. The van der Waals surface area contributed by atoms with E-state index in [1.165, 1.54) is 0 Å². The number of hydrogen-bond donors (Lipinski definition) is 1. The minimum absolute atomic E-state index is 0.225. The Morgan fingerprint density at radius 1 is 1.00 bits per heavy atom. The molecule has 118 valence electrons. The summed E-state index contributed by atoms with van der Waals surface area (Å²) in [6.07, 6.45) is 1.90. The molecule has 0 aromatic heterocycles. The first kappa shape index (κ1) is 16.8. The third-order valence-electron chi connectivity index (χ3n) is 3.95. The largest absolute Gasteiger partial charge is 0.507 e. The summed E-state index contributed by atoms with van der Waals surface area (Å²) < 4.78 is 0. The van der Waals surface area contributed by atoms with Crippen LogP contribution in [0.5, 0.6) is 5.75 Å². The van der Waals surface area contributed by atoms with Gasteiger partial charge in [-0.05, 0) is 52.3 Å². The van der Waals surface area contributed by atoms with E-state index >= 15 is 0 Å². The first-order chi connectivity index (χ1) is 10.9. The highest BCUT2D eigenvalue weighted by atomic mass is 16.3. The van der Waals surface area contributed by atoms with Crippen LogP contribution >= 0.6 is 0 Å². The first-order valence-corrected chi connectivity index (χ1v) is 7.98. The number of rotatable bonds is 4. The van der Waals surface area contributed by atoms with Crippen molar-refractivity contribution in [2.75, 3.05) is 0 Å². The Hall–Kier alpha value is -2.53. The second-order valence-electron chi connectivity index (χ2n) is 6.39. The monoisotopic (exact) mass is 305 g/mol. The summed E-state index contributed by atoms with van der Waals surface area (Å²) in [5.41, 5.74) is 4.33. The van der Waals surface area contributed by atoms with Crippen molar-refractivity contribution in [3.8, 4) is 11.8 Å². The lowest BCUT2D eigenvalue weighted by molar-refractivity contribution is 0.454. The molecule has 0 aliphatic heterocycles. The summed E-state index contributed by atoms with van der Waals surface area (Å²) >= 11 is 0. The number of nitriles is 1. The van der Waals surface area contributed by atoms with Crippen LogP contribution < -0.4 is 0 Å². The topological polar surface area (TPSA) is 44.0 Å². The Bertz CT molecular complexity index is 720. The van der Waals surface area contributed by atoms with Gasteiger partial charge in [0, 0.05) is 0 Å². The fourth-order valence-electron chi connectivity index (χ4n) is 2.63. The van der Waals surface area contributed by atoms with Crippen molar-refractivity contribution in [1.29, 1.82) is 5.26 Å². The van der Waals surface area contributed by atoms with Crippen molar-refractivity contribution in [2.45, 2.75) is 39.5 Å². The standard InChI is InChI=1S/C21H23NO/c1-14(2)19-11-16(12-20(15(3)4)21(19)23)10-18(13-22)17-8-6-5-7-9-17/h5-12,14-15,23H,1-4H3/b18-10+. The van der Waals surface area contributed by atoms with Gasteiger partial charge in [0.15, 0.2) is 0 Å². The van der Waals surface area contributed by atoms with Crippen LogP contribution in [-0.2, 0) is 0 Å². The van der Waals surface area contributed by atoms with Gasteiger partial charge in [-0.2, -0.15) is 5.26 Å². The zero-order valence-corrected chi connectivity index (χ0v) is 14.2. The Morgan fingerprint density at radius 2 is 1.52 bits per heavy atom. The molecule has 2 aromatic carbocycles. The summed E-state index contributed by atoms with van der Waals surface area (Å²) in [7, 11) is 0. The minimum Gasteiger partial charge on any atom is -0.507 e. The van der Waals surface area contributed by atoms with Gasteiger partial charge in [-0.3, -0.25) is 0 Å². The third kappa shape index (κ3) is 3.81. The van der Waals surface area contributed by atoms with Gasteiger partial charge < -0.3 is 5.11 Å². The lowest BCUT2D eigenvalue weighted by Crippen LogP contribution is -1.97. The molecule has 0 atom stereocenters. The second kappa shape index (κ2) is 7.15. The Morgan fingerprint density at radius 3 is 1.96 bits per heavy atom. The summed E-state index contributed by atoms with van der Waals surface area (Å²) in [6.45, 7) is 8.26. The van der Waals surface area contributed by atoms with Gasteiger partial charge in [-0.1, -0.05) is 58.0 Å². The quantitative estimate of drug-likeness (QED) is 0.581. The molecule has 0 radical (unpaired) electrons. The number of allylic oxidation sites excluding steroid dienone is 1. The number of aromatic hydroxyl groups is 1. The molecule has 0 unspecified atom stereocenters. The van der Waals surface area contributed by atoms with E-state index in [0.29, 0.717) is 11.3 Å². The average Bonchev–Trinajstić information content (AvgIpc) is 2.54. The van der Waals surface area contributed by atoms with Gasteiger partial charge in [-0.25, -0.2) is 0 Å². The molecule has 2 nitrogen and oxygen atoms in total. The molecule has 0 spiro atoms. The SMILES string of the molecule is CC(C)c1cc(/C=C(\C#N)c2ccccc2)cc(C(C)C)c1O. The zero-order valence-electron chi connectivity index (χ0n) is 14.2. The van der Waals surface area contributed by atoms with Gasteiger partial charge in [0.1, 0.15) is 5.75 Å². The average molecular weight is 305 g/mol. The molecular weight excluding hydrogens is 282 g/mol. The Kier molecular flexibility index (Phi) is 5.24. The third-order valence-corrected chi connectivity index (χ3v) is 3.95. The molecule has 0 fully saturated rings. The molecule has 2 rings (SSSR count). The lowest BCUT2D eigenvalue weighted by Gasteiger charge is -2.16.